The van der Waals surface area contributed by atoms with Crippen molar-refractivity contribution in [3.8, 4) is 0 Å². The van der Waals surface area contributed by atoms with Crippen molar-refractivity contribution in [2.75, 3.05) is 13.1 Å². The third-order valence-corrected chi connectivity index (χ3v) is 2.87. The Hall–Kier alpha value is -1.95. The molecule has 0 fully saturated rings. The second-order valence-corrected chi connectivity index (χ2v) is 4.91. The molecule has 0 aliphatic carbocycles. The van der Waals surface area contributed by atoms with Crippen LogP contribution in [0.5, 0.6) is 0 Å². The van der Waals surface area contributed by atoms with Gasteiger partial charge in [0.25, 0.3) is 0 Å². The maximum Gasteiger partial charge on any atom is 0.239 e. The standard InChI is InChI=1S/C14H22N4O2/c1-10(2)13(15)14(20)18-9-12(19)17-8-6-11-5-3-4-7-16-11/h3-5,7,10,13H,6,8-9,15H2,1-2H3,(H,17,19)(H,18,20)/t13-/m0/s1. The number of carbonyl (C=O) groups is 2. The Morgan fingerprint density at radius 2 is 2.05 bits per heavy atom. The molecular weight excluding hydrogens is 256 g/mol. The number of carbonyl (C=O) groups excluding carboxylic acids is 2. The Morgan fingerprint density at radius 3 is 2.65 bits per heavy atom. The number of hydrogen-bond acceptors (Lipinski definition) is 4. The van der Waals surface area contributed by atoms with Crippen molar-refractivity contribution in [3.63, 3.8) is 0 Å². The molecule has 0 aromatic carbocycles. The minimum atomic E-state index is -0.587. The van der Waals surface area contributed by atoms with Crippen LogP contribution >= 0.6 is 0 Å². The van der Waals surface area contributed by atoms with Gasteiger partial charge in [0.15, 0.2) is 0 Å². The summed E-state index contributed by atoms with van der Waals surface area (Å²) in [6.45, 7) is 4.15. The van der Waals surface area contributed by atoms with Crippen LogP contribution in [0.4, 0.5) is 0 Å². The topological polar surface area (TPSA) is 97.1 Å². The van der Waals surface area contributed by atoms with Gasteiger partial charge >= 0.3 is 0 Å². The summed E-state index contributed by atoms with van der Waals surface area (Å²) >= 11 is 0. The van der Waals surface area contributed by atoms with Crippen molar-refractivity contribution >= 4 is 11.8 Å². The zero-order chi connectivity index (χ0) is 15.0. The van der Waals surface area contributed by atoms with E-state index in [0.29, 0.717) is 13.0 Å². The summed E-state index contributed by atoms with van der Waals surface area (Å²) in [5, 5.41) is 5.24. The van der Waals surface area contributed by atoms with Crippen LogP contribution in [0.2, 0.25) is 0 Å². The van der Waals surface area contributed by atoms with E-state index in [1.807, 2.05) is 32.0 Å². The predicted molar refractivity (Wildman–Crippen MR) is 76.8 cm³/mol. The Labute approximate surface area is 119 Å². The molecule has 6 heteroatoms. The molecule has 0 aliphatic rings. The van der Waals surface area contributed by atoms with Crippen molar-refractivity contribution in [2.45, 2.75) is 26.3 Å². The van der Waals surface area contributed by atoms with Crippen LogP contribution in [0, 0.1) is 5.92 Å². The lowest BCUT2D eigenvalue weighted by Gasteiger charge is -2.15. The molecule has 0 spiro atoms. The highest BCUT2D eigenvalue weighted by molar-refractivity contribution is 5.87. The molecule has 0 bridgehead atoms. The van der Waals surface area contributed by atoms with Crippen LogP contribution in [-0.2, 0) is 16.0 Å². The van der Waals surface area contributed by atoms with Gasteiger partial charge in [0, 0.05) is 24.9 Å². The third-order valence-electron chi connectivity index (χ3n) is 2.87. The van der Waals surface area contributed by atoms with E-state index < -0.39 is 6.04 Å². The molecule has 20 heavy (non-hydrogen) atoms. The number of rotatable bonds is 7. The van der Waals surface area contributed by atoms with E-state index in [1.54, 1.807) is 6.20 Å². The second kappa shape index (κ2) is 8.27. The average molecular weight is 278 g/mol. The van der Waals surface area contributed by atoms with Crippen LogP contribution in [-0.4, -0.2) is 35.9 Å². The SMILES string of the molecule is CC(C)[C@H](N)C(=O)NCC(=O)NCCc1ccccn1. The predicted octanol–water partition coefficient (Wildman–Crippen LogP) is -0.160. The Bertz CT molecular complexity index is 434. The number of pyridine rings is 1. The van der Waals surface area contributed by atoms with Crippen molar-refractivity contribution in [1.82, 2.24) is 15.6 Å². The maximum absolute atomic E-state index is 11.6. The van der Waals surface area contributed by atoms with Gasteiger partial charge in [-0.15, -0.1) is 0 Å². The van der Waals surface area contributed by atoms with Crippen LogP contribution < -0.4 is 16.4 Å². The van der Waals surface area contributed by atoms with E-state index in [1.165, 1.54) is 0 Å². The molecular formula is C14H22N4O2. The van der Waals surface area contributed by atoms with Crippen LogP contribution in [0.3, 0.4) is 0 Å². The van der Waals surface area contributed by atoms with Gasteiger partial charge in [0.05, 0.1) is 12.6 Å². The molecule has 1 aromatic heterocycles. The molecule has 0 unspecified atom stereocenters. The number of aromatic nitrogens is 1. The highest BCUT2D eigenvalue weighted by Gasteiger charge is 2.17. The summed E-state index contributed by atoms with van der Waals surface area (Å²) < 4.78 is 0. The molecule has 1 rings (SSSR count). The zero-order valence-corrected chi connectivity index (χ0v) is 11.9. The summed E-state index contributed by atoms with van der Waals surface area (Å²) in [7, 11) is 0. The number of nitrogens with one attached hydrogen (secondary N) is 2. The molecule has 4 N–H and O–H groups in total. The van der Waals surface area contributed by atoms with Crippen molar-refractivity contribution < 1.29 is 9.59 Å². The van der Waals surface area contributed by atoms with Gasteiger partial charge in [-0.25, -0.2) is 0 Å². The average Bonchev–Trinajstić information content (AvgIpc) is 2.45. The van der Waals surface area contributed by atoms with Gasteiger partial charge in [-0.1, -0.05) is 19.9 Å². The fourth-order valence-corrected chi connectivity index (χ4v) is 1.53. The molecule has 0 saturated carbocycles. The van der Waals surface area contributed by atoms with Crippen molar-refractivity contribution in [3.05, 3.63) is 30.1 Å². The molecule has 0 aliphatic heterocycles. The van der Waals surface area contributed by atoms with E-state index in [2.05, 4.69) is 15.6 Å². The molecule has 110 valence electrons. The van der Waals surface area contributed by atoms with E-state index in [-0.39, 0.29) is 24.3 Å². The van der Waals surface area contributed by atoms with Crippen LogP contribution in [0.25, 0.3) is 0 Å². The van der Waals surface area contributed by atoms with Gasteiger partial charge < -0.3 is 16.4 Å². The zero-order valence-electron chi connectivity index (χ0n) is 11.9. The monoisotopic (exact) mass is 278 g/mol. The molecule has 0 radical (unpaired) electrons. The van der Waals surface area contributed by atoms with Gasteiger partial charge in [0.2, 0.25) is 11.8 Å². The highest BCUT2D eigenvalue weighted by Crippen LogP contribution is 1.97. The lowest BCUT2D eigenvalue weighted by molar-refractivity contribution is -0.127. The second-order valence-electron chi connectivity index (χ2n) is 4.91. The lowest BCUT2D eigenvalue weighted by Crippen LogP contribution is -2.47. The fraction of sp³-hybridized carbons (Fsp3) is 0.500. The van der Waals surface area contributed by atoms with Gasteiger partial charge in [-0.05, 0) is 18.1 Å². The molecule has 1 aromatic rings. The fourth-order valence-electron chi connectivity index (χ4n) is 1.53. The molecule has 2 amide bonds. The molecule has 6 nitrogen and oxygen atoms in total. The normalized spacial score (nSPS) is 12.0. The Kier molecular flexibility index (Phi) is 6.66. The lowest BCUT2D eigenvalue weighted by atomic mass is 10.1. The Morgan fingerprint density at radius 1 is 1.30 bits per heavy atom. The molecule has 0 saturated heterocycles. The first-order chi connectivity index (χ1) is 9.50. The maximum atomic E-state index is 11.6. The smallest absolute Gasteiger partial charge is 0.239 e. The largest absolute Gasteiger partial charge is 0.354 e. The summed E-state index contributed by atoms with van der Waals surface area (Å²) in [6, 6.07) is 5.05. The summed E-state index contributed by atoms with van der Waals surface area (Å²) in [5.41, 5.74) is 6.59. The number of hydrogen-bond donors (Lipinski definition) is 3. The van der Waals surface area contributed by atoms with Crippen LogP contribution in [0.15, 0.2) is 24.4 Å². The molecule has 1 atom stereocenters. The number of nitrogens with two attached hydrogens (primary N) is 1. The first-order valence-electron chi connectivity index (χ1n) is 6.70. The third kappa shape index (κ3) is 5.79. The van der Waals surface area contributed by atoms with E-state index >= 15 is 0 Å². The summed E-state index contributed by atoms with van der Waals surface area (Å²) in [6.07, 6.45) is 2.37. The quantitative estimate of drug-likeness (QED) is 0.645. The Balaban J connectivity index is 2.19. The van der Waals surface area contributed by atoms with E-state index in [0.717, 1.165) is 5.69 Å². The van der Waals surface area contributed by atoms with Crippen molar-refractivity contribution in [2.24, 2.45) is 11.7 Å². The van der Waals surface area contributed by atoms with Gasteiger partial charge in [-0.3, -0.25) is 14.6 Å². The van der Waals surface area contributed by atoms with E-state index in [9.17, 15) is 9.59 Å². The van der Waals surface area contributed by atoms with Gasteiger partial charge in [-0.2, -0.15) is 0 Å². The van der Waals surface area contributed by atoms with Crippen LogP contribution in [0.1, 0.15) is 19.5 Å². The first kappa shape index (κ1) is 16.1. The minimum absolute atomic E-state index is 0.0437. The minimum Gasteiger partial charge on any atom is -0.354 e. The summed E-state index contributed by atoms with van der Waals surface area (Å²) in [4.78, 5) is 27.3. The molecule has 1 heterocycles. The van der Waals surface area contributed by atoms with Crippen molar-refractivity contribution in [1.29, 1.82) is 0 Å². The first-order valence-corrected chi connectivity index (χ1v) is 6.70. The summed E-state index contributed by atoms with van der Waals surface area (Å²) in [5.74, 6) is -0.493. The number of nitrogens with zero attached hydrogens (tertiary/aromatic N) is 1. The highest BCUT2D eigenvalue weighted by atomic mass is 16.2. The van der Waals surface area contributed by atoms with E-state index in [4.69, 9.17) is 5.73 Å². The van der Waals surface area contributed by atoms with Gasteiger partial charge in [0.1, 0.15) is 0 Å². The number of amides is 2.